The Labute approximate surface area is 168 Å². The van der Waals surface area contributed by atoms with E-state index in [0.717, 1.165) is 24.6 Å². The highest BCUT2D eigenvalue weighted by molar-refractivity contribution is 7.99. The Bertz CT molecular complexity index is 879. The quantitative estimate of drug-likeness (QED) is 0.371. The van der Waals surface area contributed by atoms with Crippen LogP contribution in [0.25, 0.3) is 10.9 Å². The molecule has 0 aliphatic carbocycles. The molecule has 1 aromatic heterocycles. The number of para-hydroxylation sites is 1. The number of carbonyl (C=O) groups is 2. The van der Waals surface area contributed by atoms with E-state index in [-0.39, 0.29) is 23.8 Å². The monoisotopic (exact) mass is 405 g/mol. The summed E-state index contributed by atoms with van der Waals surface area (Å²) in [5, 5.41) is 3.69. The van der Waals surface area contributed by atoms with Crippen molar-refractivity contribution < 1.29 is 14.3 Å². The average molecular weight is 406 g/mol. The van der Waals surface area contributed by atoms with Crippen molar-refractivity contribution in [3.63, 3.8) is 0 Å². The SMILES string of the molecule is CCCNC(=O)COC(=O)CSc1nc2ccccc2c(=O)n1CCC(C)C. The lowest BCUT2D eigenvalue weighted by Gasteiger charge is -2.14. The largest absolute Gasteiger partial charge is 0.455 e. The number of esters is 1. The van der Waals surface area contributed by atoms with Crippen LogP contribution in [0.1, 0.15) is 33.6 Å². The smallest absolute Gasteiger partial charge is 0.316 e. The van der Waals surface area contributed by atoms with Gasteiger partial charge in [-0.05, 0) is 30.9 Å². The second kappa shape index (κ2) is 10.8. The van der Waals surface area contributed by atoms with Crippen LogP contribution >= 0.6 is 11.8 Å². The molecule has 1 aromatic carbocycles. The fourth-order valence-corrected chi connectivity index (χ4v) is 3.29. The van der Waals surface area contributed by atoms with E-state index < -0.39 is 5.97 Å². The van der Waals surface area contributed by atoms with Crippen LogP contribution in [0, 0.1) is 5.92 Å². The number of ether oxygens (including phenoxy) is 1. The third kappa shape index (κ3) is 6.37. The molecule has 1 N–H and O–H groups in total. The molecule has 2 rings (SSSR count). The predicted molar refractivity (Wildman–Crippen MR) is 110 cm³/mol. The summed E-state index contributed by atoms with van der Waals surface area (Å²) < 4.78 is 6.61. The van der Waals surface area contributed by atoms with E-state index in [1.54, 1.807) is 16.7 Å². The maximum absolute atomic E-state index is 12.9. The number of aromatic nitrogens is 2. The van der Waals surface area contributed by atoms with Crippen molar-refractivity contribution in [2.45, 2.75) is 45.3 Å². The number of hydrogen-bond acceptors (Lipinski definition) is 6. The number of hydrogen-bond donors (Lipinski definition) is 1. The number of benzene rings is 1. The molecule has 0 radical (unpaired) electrons. The van der Waals surface area contributed by atoms with Gasteiger partial charge >= 0.3 is 5.97 Å². The van der Waals surface area contributed by atoms with Crippen molar-refractivity contribution in [3.05, 3.63) is 34.6 Å². The Hall–Kier alpha value is -2.35. The zero-order valence-electron chi connectivity index (χ0n) is 16.6. The van der Waals surface area contributed by atoms with Crippen LogP contribution in [-0.4, -0.2) is 40.3 Å². The van der Waals surface area contributed by atoms with E-state index in [0.29, 0.717) is 35.1 Å². The number of rotatable bonds is 10. The van der Waals surface area contributed by atoms with Crippen molar-refractivity contribution in [1.29, 1.82) is 0 Å². The molecule has 28 heavy (non-hydrogen) atoms. The van der Waals surface area contributed by atoms with Gasteiger partial charge in [0.2, 0.25) is 0 Å². The van der Waals surface area contributed by atoms with E-state index in [9.17, 15) is 14.4 Å². The number of nitrogens with one attached hydrogen (secondary N) is 1. The number of thioether (sulfide) groups is 1. The van der Waals surface area contributed by atoms with Crippen molar-refractivity contribution in [2.75, 3.05) is 18.9 Å². The van der Waals surface area contributed by atoms with Gasteiger partial charge in [0.1, 0.15) is 0 Å². The molecule has 1 amide bonds. The maximum Gasteiger partial charge on any atom is 0.316 e. The van der Waals surface area contributed by atoms with Crippen LogP contribution in [0.4, 0.5) is 0 Å². The highest BCUT2D eigenvalue weighted by Crippen LogP contribution is 2.19. The van der Waals surface area contributed by atoms with Gasteiger partial charge in [0, 0.05) is 13.1 Å². The van der Waals surface area contributed by atoms with E-state index >= 15 is 0 Å². The fraction of sp³-hybridized carbons (Fsp3) is 0.500. The first kappa shape index (κ1) is 21.9. The van der Waals surface area contributed by atoms with Gasteiger partial charge < -0.3 is 10.1 Å². The van der Waals surface area contributed by atoms with Gasteiger partial charge in [-0.1, -0.05) is 44.7 Å². The first-order chi connectivity index (χ1) is 13.4. The standard InChI is InChI=1S/C20H27N3O4S/c1-4-10-21-17(24)12-27-18(25)13-28-20-22-16-8-6-5-7-15(16)19(26)23(20)11-9-14(2)3/h5-8,14H,4,9-13H2,1-3H3,(H,21,24). The molecule has 0 atom stereocenters. The van der Waals surface area contributed by atoms with Gasteiger partial charge in [0.15, 0.2) is 11.8 Å². The molecule has 2 aromatic rings. The molecule has 0 aliphatic heterocycles. The minimum Gasteiger partial charge on any atom is -0.455 e. The number of amides is 1. The van der Waals surface area contributed by atoms with E-state index in [2.05, 4.69) is 24.1 Å². The molecule has 7 nitrogen and oxygen atoms in total. The summed E-state index contributed by atoms with van der Waals surface area (Å²) in [5.41, 5.74) is 0.490. The zero-order valence-corrected chi connectivity index (χ0v) is 17.4. The number of nitrogens with zero attached hydrogens (tertiary/aromatic N) is 2. The molecule has 0 unspecified atom stereocenters. The van der Waals surface area contributed by atoms with Crippen molar-refractivity contribution in [3.8, 4) is 0 Å². The predicted octanol–water partition coefficient (Wildman–Crippen LogP) is 2.60. The minimum atomic E-state index is -0.519. The summed E-state index contributed by atoms with van der Waals surface area (Å²) in [7, 11) is 0. The van der Waals surface area contributed by atoms with Crippen LogP contribution in [-0.2, 0) is 20.9 Å². The van der Waals surface area contributed by atoms with Gasteiger partial charge in [-0.25, -0.2) is 4.98 Å². The number of fused-ring (bicyclic) bond motifs is 1. The van der Waals surface area contributed by atoms with Gasteiger partial charge in [-0.3, -0.25) is 19.0 Å². The van der Waals surface area contributed by atoms with Crippen LogP contribution in [0.3, 0.4) is 0 Å². The van der Waals surface area contributed by atoms with Gasteiger partial charge in [0.05, 0.1) is 16.7 Å². The highest BCUT2D eigenvalue weighted by Gasteiger charge is 2.15. The van der Waals surface area contributed by atoms with Gasteiger partial charge in [0.25, 0.3) is 11.5 Å². The normalized spacial score (nSPS) is 11.0. The summed E-state index contributed by atoms with van der Waals surface area (Å²) in [6.45, 7) is 6.91. The van der Waals surface area contributed by atoms with Crippen LogP contribution in [0.5, 0.6) is 0 Å². The molecular formula is C20H27N3O4S. The highest BCUT2D eigenvalue weighted by atomic mass is 32.2. The van der Waals surface area contributed by atoms with E-state index in [4.69, 9.17) is 4.74 Å². The molecule has 0 saturated carbocycles. The Morgan fingerprint density at radius 3 is 2.75 bits per heavy atom. The molecule has 0 aliphatic rings. The lowest BCUT2D eigenvalue weighted by Crippen LogP contribution is -2.29. The number of carbonyl (C=O) groups excluding carboxylic acids is 2. The summed E-state index contributed by atoms with van der Waals surface area (Å²) in [6, 6.07) is 7.18. The molecule has 8 heteroatoms. The second-order valence-electron chi connectivity index (χ2n) is 6.85. The molecule has 0 saturated heterocycles. The van der Waals surface area contributed by atoms with Crippen LogP contribution < -0.4 is 10.9 Å². The average Bonchev–Trinajstić information content (AvgIpc) is 2.68. The fourth-order valence-electron chi connectivity index (χ4n) is 2.47. The molecule has 0 spiro atoms. The summed E-state index contributed by atoms with van der Waals surface area (Å²) in [4.78, 5) is 40.9. The molecular weight excluding hydrogens is 378 g/mol. The Morgan fingerprint density at radius 1 is 1.29 bits per heavy atom. The van der Waals surface area contributed by atoms with Crippen LogP contribution in [0.15, 0.2) is 34.2 Å². The lowest BCUT2D eigenvalue weighted by molar-refractivity contribution is -0.145. The Morgan fingerprint density at radius 2 is 2.04 bits per heavy atom. The molecule has 0 bridgehead atoms. The lowest BCUT2D eigenvalue weighted by atomic mass is 10.1. The van der Waals surface area contributed by atoms with Gasteiger partial charge in [-0.15, -0.1) is 0 Å². The van der Waals surface area contributed by atoms with Crippen LogP contribution in [0.2, 0.25) is 0 Å². The van der Waals surface area contributed by atoms with Crippen molar-refractivity contribution in [1.82, 2.24) is 14.9 Å². The second-order valence-corrected chi connectivity index (χ2v) is 7.79. The third-order valence-corrected chi connectivity index (χ3v) is 4.96. The summed E-state index contributed by atoms with van der Waals surface area (Å²) in [6.07, 6.45) is 1.65. The summed E-state index contributed by atoms with van der Waals surface area (Å²) in [5.74, 6) is -0.428. The Kier molecular flexibility index (Phi) is 8.50. The topological polar surface area (TPSA) is 90.3 Å². The van der Waals surface area contributed by atoms with Crippen molar-refractivity contribution >= 4 is 34.5 Å². The summed E-state index contributed by atoms with van der Waals surface area (Å²) >= 11 is 1.15. The zero-order chi connectivity index (χ0) is 20.5. The molecule has 0 fully saturated rings. The van der Waals surface area contributed by atoms with Crippen molar-refractivity contribution in [2.24, 2.45) is 5.92 Å². The molecule has 152 valence electrons. The maximum atomic E-state index is 12.9. The Balaban J connectivity index is 2.09. The first-order valence-corrected chi connectivity index (χ1v) is 10.5. The minimum absolute atomic E-state index is 0.0203. The third-order valence-electron chi connectivity index (χ3n) is 4.01. The molecule has 1 heterocycles. The van der Waals surface area contributed by atoms with Gasteiger partial charge in [-0.2, -0.15) is 0 Å². The van der Waals surface area contributed by atoms with E-state index in [1.165, 1.54) is 0 Å². The first-order valence-electron chi connectivity index (χ1n) is 9.47. The van der Waals surface area contributed by atoms with E-state index in [1.807, 2.05) is 19.1 Å².